The fourth-order valence-electron chi connectivity index (χ4n) is 2.92. The fraction of sp³-hybridized carbons (Fsp3) is 0.217. The molecule has 1 fully saturated rings. The van der Waals surface area contributed by atoms with Crippen molar-refractivity contribution in [3.8, 4) is 11.5 Å². The zero-order valence-electron chi connectivity index (χ0n) is 18.1. The van der Waals surface area contributed by atoms with Gasteiger partial charge in [-0.3, -0.25) is 19.3 Å². The molecule has 2 aromatic rings. The molecule has 1 aliphatic rings. The van der Waals surface area contributed by atoms with Gasteiger partial charge >= 0.3 is 5.97 Å². The number of rotatable bonds is 9. The molecule has 0 spiro atoms. The second-order valence-electron chi connectivity index (χ2n) is 6.83. The summed E-state index contributed by atoms with van der Waals surface area (Å²) in [5, 5.41) is -0.524. The number of halogens is 2. The van der Waals surface area contributed by atoms with Crippen LogP contribution in [-0.2, 0) is 14.3 Å². The largest absolute Gasteiger partial charge is 0.490 e. The first-order chi connectivity index (χ1) is 16.2. The highest BCUT2D eigenvalue weighted by Gasteiger charge is 2.36. The molecule has 0 radical (unpaired) electrons. The van der Waals surface area contributed by atoms with Gasteiger partial charge in [-0.15, -0.1) is 0 Å². The van der Waals surface area contributed by atoms with Crippen LogP contribution in [0.15, 0.2) is 50.2 Å². The quantitative estimate of drug-likeness (QED) is 0.220. The van der Waals surface area contributed by atoms with Crippen molar-refractivity contribution in [1.82, 2.24) is 4.90 Å². The number of benzene rings is 2. The Balaban J connectivity index is 1.81. The van der Waals surface area contributed by atoms with E-state index < -0.39 is 17.1 Å². The summed E-state index contributed by atoms with van der Waals surface area (Å²) >= 11 is 7.44. The number of hydrogen-bond acceptors (Lipinski definition) is 8. The first-order valence-electron chi connectivity index (χ1n) is 9.93. The van der Waals surface area contributed by atoms with Crippen LogP contribution in [0.3, 0.4) is 0 Å². The molecule has 0 atom stereocenters. The summed E-state index contributed by atoms with van der Waals surface area (Å²) in [5.74, 6) is -0.802. The summed E-state index contributed by atoms with van der Waals surface area (Å²) in [6.45, 7) is 1.47. The number of amides is 2. The van der Waals surface area contributed by atoms with Gasteiger partial charge in [-0.1, -0.05) is 28.1 Å². The Kier molecular flexibility index (Phi) is 8.92. The summed E-state index contributed by atoms with van der Waals surface area (Å²) in [6.07, 6.45) is 1.53. The number of thioether (sulfide) groups is 1. The molecule has 3 rings (SSSR count). The summed E-state index contributed by atoms with van der Waals surface area (Å²) in [4.78, 5) is 50.4. The van der Waals surface area contributed by atoms with Crippen LogP contribution >= 0.6 is 43.6 Å². The molecule has 0 unspecified atom stereocenters. The van der Waals surface area contributed by atoms with Crippen molar-refractivity contribution in [1.29, 1.82) is 0 Å². The van der Waals surface area contributed by atoms with Gasteiger partial charge in [-0.25, -0.2) is 4.79 Å². The molecule has 0 aromatic heterocycles. The number of hydrogen-bond donors (Lipinski definition) is 0. The topological polar surface area (TPSA) is 99.2 Å². The maximum absolute atomic E-state index is 12.9. The van der Waals surface area contributed by atoms with Crippen LogP contribution in [-0.4, -0.2) is 54.7 Å². The van der Waals surface area contributed by atoms with E-state index in [1.165, 1.54) is 13.2 Å². The van der Waals surface area contributed by atoms with E-state index in [-0.39, 0.29) is 23.8 Å². The molecule has 178 valence electrons. The maximum atomic E-state index is 12.9. The fourth-order valence-corrected chi connectivity index (χ4v) is 4.60. The minimum Gasteiger partial charge on any atom is -0.490 e. The Labute approximate surface area is 216 Å². The molecule has 1 aliphatic heterocycles. The standard InChI is InChI=1S/C23H19Br2NO7S/c1-3-32-18-9-13(8-16(25)21(18)33-12-20(28)31-2)10-19-22(29)26(23(30)34-19)11-17(27)14-4-6-15(24)7-5-14/h4-10H,3,11-12H2,1-2H3/b19-10-. The molecule has 1 heterocycles. The predicted octanol–water partition coefficient (Wildman–Crippen LogP) is 5.08. The minimum atomic E-state index is -0.555. The van der Waals surface area contributed by atoms with Crippen LogP contribution in [0.5, 0.6) is 11.5 Å². The first-order valence-corrected chi connectivity index (χ1v) is 12.3. The van der Waals surface area contributed by atoms with Gasteiger partial charge in [0.25, 0.3) is 11.1 Å². The molecule has 2 aromatic carbocycles. The molecule has 0 saturated carbocycles. The summed E-state index contributed by atoms with van der Waals surface area (Å²) in [7, 11) is 1.26. The molecule has 34 heavy (non-hydrogen) atoms. The molecule has 11 heteroatoms. The van der Waals surface area contributed by atoms with Crippen molar-refractivity contribution in [3.63, 3.8) is 0 Å². The Morgan fingerprint density at radius 2 is 1.79 bits per heavy atom. The third kappa shape index (κ3) is 6.28. The predicted molar refractivity (Wildman–Crippen MR) is 134 cm³/mol. The van der Waals surface area contributed by atoms with Crippen LogP contribution in [0, 0.1) is 0 Å². The summed E-state index contributed by atoms with van der Waals surface area (Å²) in [5.41, 5.74) is 0.963. The minimum absolute atomic E-state index is 0.172. The molecule has 8 nitrogen and oxygen atoms in total. The van der Waals surface area contributed by atoms with Crippen LogP contribution < -0.4 is 9.47 Å². The van der Waals surface area contributed by atoms with Gasteiger partial charge in [0.15, 0.2) is 23.9 Å². The van der Waals surface area contributed by atoms with Crippen molar-refractivity contribution in [2.24, 2.45) is 0 Å². The average molecular weight is 613 g/mol. The number of imide groups is 1. The van der Waals surface area contributed by atoms with E-state index in [9.17, 15) is 19.2 Å². The van der Waals surface area contributed by atoms with Gasteiger partial charge in [0.05, 0.1) is 29.6 Å². The number of esters is 1. The zero-order valence-corrected chi connectivity index (χ0v) is 22.1. The van der Waals surface area contributed by atoms with Gasteiger partial charge < -0.3 is 14.2 Å². The second kappa shape index (κ2) is 11.7. The third-order valence-corrected chi connectivity index (χ3v) is 6.56. The van der Waals surface area contributed by atoms with Crippen molar-refractivity contribution < 1.29 is 33.4 Å². The van der Waals surface area contributed by atoms with E-state index in [0.717, 1.165) is 21.1 Å². The maximum Gasteiger partial charge on any atom is 0.343 e. The van der Waals surface area contributed by atoms with Crippen LogP contribution in [0.25, 0.3) is 6.08 Å². The van der Waals surface area contributed by atoms with Crippen molar-refractivity contribution in [2.75, 3.05) is 26.9 Å². The Morgan fingerprint density at radius 3 is 2.44 bits per heavy atom. The molecule has 2 amide bonds. The van der Waals surface area contributed by atoms with E-state index in [2.05, 4.69) is 36.6 Å². The summed E-state index contributed by atoms with van der Waals surface area (Å²) < 4.78 is 17.0. The highest BCUT2D eigenvalue weighted by molar-refractivity contribution is 9.10. The van der Waals surface area contributed by atoms with Crippen LogP contribution in [0.1, 0.15) is 22.8 Å². The number of carbonyl (C=O) groups excluding carboxylic acids is 4. The van der Waals surface area contributed by atoms with E-state index in [0.29, 0.717) is 33.7 Å². The lowest BCUT2D eigenvalue weighted by atomic mass is 10.1. The van der Waals surface area contributed by atoms with Gasteiger partial charge in [-0.05, 0) is 70.5 Å². The number of Topliss-reactive ketones (excluding diaryl/α,β-unsaturated/α-hetero) is 1. The Hall–Kier alpha value is -2.63. The zero-order chi connectivity index (χ0) is 24.8. The number of ether oxygens (including phenoxy) is 3. The van der Waals surface area contributed by atoms with Gasteiger partial charge in [0.1, 0.15) is 0 Å². The average Bonchev–Trinajstić information content (AvgIpc) is 3.06. The lowest BCUT2D eigenvalue weighted by Crippen LogP contribution is -2.33. The third-order valence-electron chi connectivity index (χ3n) is 4.53. The number of ketones is 1. The van der Waals surface area contributed by atoms with Gasteiger partial charge in [-0.2, -0.15) is 0 Å². The van der Waals surface area contributed by atoms with Crippen LogP contribution in [0.2, 0.25) is 0 Å². The highest BCUT2D eigenvalue weighted by Crippen LogP contribution is 2.39. The Morgan fingerprint density at radius 1 is 1.09 bits per heavy atom. The van der Waals surface area contributed by atoms with Crippen molar-refractivity contribution in [2.45, 2.75) is 6.92 Å². The van der Waals surface area contributed by atoms with Crippen molar-refractivity contribution in [3.05, 3.63) is 61.4 Å². The van der Waals surface area contributed by atoms with Gasteiger partial charge in [0, 0.05) is 10.0 Å². The van der Waals surface area contributed by atoms with Crippen LogP contribution in [0.4, 0.5) is 4.79 Å². The Bertz CT molecular complexity index is 1160. The monoisotopic (exact) mass is 611 g/mol. The SMILES string of the molecule is CCOc1cc(/C=C2\SC(=O)N(CC(=O)c3ccc(Br)cc3)C2=O)cc(Br)c1OCC(=O)OC. The van der Waals surface area contributed by atoms with Crippen molar-refractivity contribution >= 4 is 72.6 Å². The number of carbonyl (C=O) groups is 4. The second-order valence-corrected chi connectivity index (χ2v) is 9.59. The molecule has 0 N–H and O–H groups in total. The molecule has 0 bridgehead atoms. The van der Waals surface area contributed by atoms with E-state index >= 15 is 0 Å². The van der Waals surface area contributed by atoms with Gasteiger partial charge in [0.2, 0.25) is 0 Å². The summed E-state index contributed by atoms with van der Waals surface area (Å²) in [6, 6.07) is 9.97. The normalized spacial score (nSPS) is 14.5. The molecule has 1 saturated heterocycles. The number of methoxy groups -OCH3 is 1. The molecular formula is C23H19Br2NO7S. The van der Waals surface area contributed by atoms with E-state index in [4.69, 9.17) is 9.47 Å². The lowest BCUT2D eigenvalue weighted by Gasteiger charge is -2.14. The van der Waals surface area contributed by atoms with E-state index in [1.807, 2.05) is 0 Å². The number of nitrogens with zero attached hydrogens (tertiary/aromatic N) is 1. The highest BCUT2D eigenvalue weighted by atomic mass is 79.9. The first kappa shape index (κ1) is 26.0. The smallest absolute Gasteiger partial charge is 0.343 e. The molecule has 0 aliphatic carbocycles. The lowest BCUT2D eigenvalue weighted by molar-refractivity contribution is -0.143. The van der Waals surface area contributed by atoms with E-state index in [1.54, 1.807) is 43.3 Å². The molecular weight excluding hydrogens is 594 g/mol.